The lowest BCUT2D eigenvalue weighted by molar-refractivity contribution is -0.154. The summed E-state index contributed by atoms with van der Waals surface area (Å²) >= 11 is 0. The Bertz CT molecular complexity index is 2200. The number of sulfone groups is 1. The summed E-state index contributed by atoms with van der Waals surface area (Å²) in [6.07, 6.45) is -1.28. The summed E-state index contributed by atoms with van der Waals surface area (Å²) in [5, 5.41) is 11.2. The third-order valence-electron chi connectivity index (χ3n) is 8.73. The number of carbonyl (C=O) groups excluding carboxylic acids is 3. The van der Waals surface area contributed by atoms with E-state index < -0.39 is 64.3 Å². The van der Waals surface area contributed by atoms with Gasteiger partial charge in [0.2, 0.25) is 0 Å². The van der Waals surface area contributed by atoms with Crippen LogP contribution in [0.5, 0.6) is 17.2 Å². The summed E-state index contributed by atoms with van der Waals surface area (Å²) in [5.74, 6) is -2.30. The molecule has 0 aliphatic carbocycles. The Morgan fingerprint density at radius 1 is 1.10 bits per heavy atom. The van der Waals surface area contributed by atoms with Gasteiger partial charge in [0.25, 0.3) is 11.8 Å². The molecule has 1 aromatic heterocycles. The summed E-state index contributed by atoms with van der Waals surface area (Å²) in [6.45, 7) is 0.279. The minimum absolute atomic E-state index is 0.0744. The number of nitrogens with zero attached hydrogens (tertiary/aromatic N) is 1. The predicted molar refractivity (Wildman–Crippen MR) is 177 cm³/mol. The van der Waals surface area contributed by atoms with Gasteiger partial charge in [-0.05, 0) is 55.0 Å². The van der Waals surface area contributed by atoms with Gasteiger partial charge >= 0.3 is 5.97 Å². The van der Waals surface area contributed by atoms with E-state index in [1.54, 1.807) is 48.5 Å². The van der Waals surface area contributed by atoms with Crippen LogP contribution in [0.2, 0.25) is 0 Å². The number of nitrogens with one attached hydrogen (secondary N) is 2. The molecule has 0 saturated carbocycles. The van der Waals surface area contributed by atoms with E-state index >= 15 is 0 Å². The molecular weight excluding hydrogens is 689 g/mol. The van der Waals surface area contributed by atoms with Gasteiger partial charge in [0.1, 0.15) is 48.0 Å². The number of halogens is 1. The minimum atomic E-state index is -4.14. The number of rotatable bonds is 11. The molecule has 0 spiro atoms. The number of aromatic amines is 1. The number of benzene rings is 3. The number of H-pyrrole nitrogens is 1. The lowest BCUT2D eigenvalue weighted by Crippen LogP contribution is -2.75. The molecule has 3 aliphatic rings. The highest BCUT2D eigenvalue weighted by Gasteiger charge is 2.60. The van der Waals surface area contributed by atoms with Crippen LogP contribution in [0, 0.1) is 5.82 Å². The number of aromatic nitrogens is 1. The molecule has 14 nitrogen and oxygen atoms in total. The van der Waals surface area contributed by atoms with E-state index in [1.807, 2.05) is 0 Å². The monoisotopic (exact) mass is 721 g/mol. The summed E-state index contributed by atoms with van der Waals surface area (Å²) in [7, 11) is -2.63. The molecule has 0 radical (unpaired) electrons. The largest absolute Gasteiger partial charge is 0.497 e. The van der Waals surface area contributed by atoms with E-state index in [4.69, 9.17) is 23.7 Å². The van der Waals surface area contributed by atoms with Crippen molar-refractivity contribution in [3.05, 3.63) is 88.9 Å². The van der Waals surface area contributed by atoms with Crippen LogP contribution in [0.4, 0.5) is 4.39 Å². The Labute approximate surface area is 290 Å². The second kappa shape index (κ2) is 13.4. The number of aliphatic hydroxyl groups excluding tert-OH is 1. The first-order valence-electron chi connectivity index (χ1n) is 15.8. The van der Waals surface area contributed by atoms with Gasteiger partial charge in [-0.2, -0.15) is 0 Å². The molecule has 2 amide bonds. The maximum atomic E-state index is 13.9. The second-order valence-corrected chi connectivity index (χ2v) is 14.2. The van der Waals surface area contributed by atoms with Gasteiger partial charge in [-0.1, -0.05) is 12.1 Å². The molecule has 4 heterocycles. The van der Waals surface area contributed by atoms with E-state index in [0.717, 1.165) is 27.2 Å². The van der Waals surface area contributed by atoms with E-state index in [0.29, 0.717) is 22.4 Å². The molecule has 3 aromatic carbocycles. The smallest absolute Gasteiger partial charge is 0.355 e. The molecule has 1 saturated heterocycles. The number of hydrogen-bond acceptors (Lipinski definition) is 11. The zero-order valence-electron chi connectivity index (χ0n) is 27.3. The van der Waals surface area contributed by atoms with E-state index in [1.165, 1.54) is 26.2 Å². The Kier molecular flexibility index (Phi) is 8.91. The molecule has 3 aliphatic heterocycles. The van der Waals surface area contributed by atoms with Crippen molar-refractivity contribution in [2.45, 2.75) is 37.8 Å². The molecule has 16 heteroatoms. The van der Waals surface area contributed by atoms with Crippen LogP contribution in [0.25, 0.3) is 22.2 Å². The molecule has 3 atom stereocenters. The summed E-state index contributed by atoms with van der Waals surface area (Å²) in [4.78, 5) is 43.8. The maximum Gasteiger partial charge on any atom is 0.355 e. The van der Waals surface area contributed by atoms with E-state index in [2.05, 4.69) is 10.3 Å². The molecule has 3 N–H and O–H groups in total. The van der Waals surface area contributed by atoms with Gasteiger partial charge in [0.15, 0.2) is 28.1 Å². The first kappa shape index (κ1) is 34.0. The molecule has 0 bridgehead atoms. The minimum Gasteiger partial charge on any atom is -0.497 e. The molecule has 7 rings (SSSR count). The van der Waals surface area contributed by atoms with Crippen molar-refractivity contribution in [2.75, 3.05) is 26.1 Å². The van der Waals surface area contributed by atoms with Crippen molar-refractivity contribution in [1.29, 1.82) is 0 Å². The highest BCUT2D eigenvalue weighted by Crippen LogP contribution is 2.42. The van der Waals surface area contributed by atoms with Gasteiger partial charge in [-0.3, -0.25) is 14.5 Å². The molecule has 4 aromatic rings. The number of β-lactam (4-membered cyclic amide) rings is 1. The highest BCUT2D eigenvalue weighted by molar-refractivity contribution is 7.92. The van der Waals surface area contributed by atoms with Crippen molar-refractivity contribution in [2.24, 2.45) is 0 Å². The molecule has 3 unspecified atom stereocenters. The Hall–Kier alpha value is -5.45. The normalized spacial score (nSPS) is 19.2. The fourth-order valence-electron chi connectivity index (χ4n) is 6.31. The van der Waals surface area contributed by atoms with Crippen molar-refractivity contribution < 1.29 is 56.0 Å². The van der Waals surface area contributed by atoms with Gasteiger partial charge in [0.05, 0.1) is 25.2 Å². The fourth-order valence-corrected chi connectivity index (χ4v) is 8.32. The fraction of sp³-hybridized carbons (Fsp3) is 0.286. The maximum absolute atomic E-state index is 13.9. The second-order valence-electron chi connectivity index (χ2n) is 12.1. The van der Waals surface area contributed by atoms with Gasteiger partial charge in [-0.25, -0.2) is 17.6 Å². The van der Waals surface area contributed by atoms with Crippen molar-refractivity contribution in [3.63, 3.8) is 0 Å². The summed E-state index contributed by atoms with van der Waals surface area (Å²) < 4.78 is 68.0. The van der Waals surface area contributed by atoms with Crippen LogP contribution >= 0.6 is 0 Å². The number of ether oxygens (including phenoxy) is 5. The molecule has 266 valence electrons. The summed E-state index contributed by atoms with van der Waals surface area (Å²) in [5.41, 5.74) is 3.28. The van der Waals surface area contributed by atoms with Crippen LogP contribution in [0.3, 0.4) is 0 Å². The number of amides is 2. The summed E-state index contributed by atoms with van der Waals surface area (Å²) in [6, 6.07) is 14.6. The van der Waals surface area contributed by atoms with Crippen molar-refractivity contribution in [3.8, 4) is 28.5 Å². The third kappa shape index (κ3) is 6.48. The zero-order chi connectivity index (χ0) is 36.0. The van der Waals surface area contributed by atoms with Gasteiger partial charge in [0, 0.05) is 33.7 Å². The first-order valence-corrected chi connectivity index (χ1v) is 17.5. The lowest BCUT2D eigenvalue weighted by atomic mass is 10.0. The number of esters is 1. The van der Waals surface area contributed by atoms with Crippen LogP contribution < -0.4 is 19.5 Å². The van der Waals surface area contributed by atoms with Gasteiger partial charge < -0.3 is 39.1 Å². The van der Waals surface area contributed by atoms with E-state index in [9.17, 15) is 32.3 Å². The number of methoxy groups -OCH3 is 1. The number of carbonyl (C=O) groups is 3. The predicted octanol–water partition coefficient (Wildman–Crippen LogP) is 2.69. The molecule has 1 fully saturated rings. The number of fused-ring (bicyclic) bond motifs is 6. The average molecular weight is 722 g/mol. The molecule has 51 heavy (non-hydrogen) atoms. The highest BCUT2D eigenvalue weighted by atomic mass is 32.2. The van der Waals surface area contributed by atoms with Crippen LogP contribution in [-0.2, 0) is 46.9 Å². The quantitative estimate of drug-likeness (QED) is 0.118. The zero-order valence-corrected chi connectivity index (χ0v) is 28.1. The number of hydrogen-bond donors (Lipinski definition) is 3. The standard InChI is InChI=1S/C35H32FN3O11S/c1-18(40)47-14-20-17-51(44,45)34-31(33(42)39(34)32(20)35(43)50-13-19-3-6-22(46-2)7-4-19)38-29(41)16-48-23-8-9-24-28(12-23)49-15-26-25-11-21(36)5-10-27(25)37-30(24)26/h3-12,18,31,34,37,40H,13-17H2,1-2H3,(H,38,41). The Morgan fingerprint density at radius 2 is 1.86 bits per heavy atom. The van der Waals surface area contributed by atoms with Crippen LogP contribution in [-0.4, -0.2) is 85.0 Å². The molecular formula is C35H32FN3O11S. The SMILES string of the molecule is COc1ccc(COC(=O)C2=C(COC(C)O)CS(=O)(=O)C3C(NC(=O)COc4ccc5c(c4)OCc4c-5[nH]c5ccc(F)cc45)C(=O)N23)cc1. The Balaban J connectivity index is 1.03. The Morgan fingerprint density at radius 3 is 2.61 bits per heavy atom. The lowest BCUT2D eigenvalue weighted by Gasteiger charge is -2.49. The first-order chi connectivity index (χ1) is 24.4. The third-order valence-corrected chi connectivity index (χ3v) is 10.7. The van der Waals surface area contributed by atoms with Gasteiger partial charge in [-0.15, -0.1) is 0 Å². The van der Waals surface area contributed by atoms with Crippen LogP contribution in [0.1, 0.15) is 18.1 Å². The van der Waals surface area contributed by atoms with Crippen LogP contribution in [0.15, 0.2) is 71.9 Å². The van der Waals surface area contributed by atoms with Crippen molar-refractivity contribution in [1.82, 2.24) is 15.2 Å². The van der Waals surface area contributed by atoms with E-state index in [-0.39, 0.29) is 36.1 Å². The average Bonchev–Trinajstić information content (AvgIpc) is 3.48. The topological polar surface area (TPSA) is 183 Å². The number of aliphatic hydroxyl groups is 1. The van der Waals surface area contributed by atoms with Crippen molar-refractivity contribution >= 4 is 38.5 Å².